The molecule has 9 nitrogen and oxygen atoms in total. The number of amides is 1. The van der Waals surface area contributed by atoms with Gasteiger partial charge in [0.05, 0.1) is 11.3 Å². The first-order valence-corrected chi connectivity index (χ1v) is 10.4. The fraction of sp³-hybridized carbons (Fsp3) is 0.304. The zero-order chi connectivity index (χ0) is 22.6. The number of carbonyl (C=O) groups excluding carboxylic acids is 1. The summed E-state index contributed by atoms with van der Waals surface area (Å²) < 4.78 is 0. The highest BCUT2D eigenvalue weighted by atomic mass is 16.3. The maximum absolute atomic E-state index is 12.8. The minimum atomic E-state index is -0.250. The lowest BCUT2D eigenvalue weighted by Gasteiger charge is -2.39. The molecule has 1 spiro atoms. The van der Waals surface area contributed by atoms with E-state index in [0.717, 1.165) is 42.5 Å². The molecule has 1 fully saturated rings. The average Bonchev–Trinajstić information content (AvgIpc) is 3.19. The zero-order valence-corrected chi connectivity index (χ0v) is 17.4. The number of aromatic amines is 1. The van der Waals surface area contributed by atoms with E-state index in [0.29, 0.717) is 24.5 Å². The van der Waals surface area contributed by atoms with Crippen LogP contribution in [0.15, 0.2) is 53.8 Å². The number of hydrogen-bond donors (Lipinski definition) is 2. The summed E-state index contributed by atoms with van der Waals surface area (Å²) in [6.07, 6.45) is 9.96. The first kappa shape index (κ1) is 21.4. The number of nitrogens with one attached hydrogen (secondary N) is 1. The molecule has 2 aliphatic rings. The van der Waals surface area contributed by atoms with Crippen molar-refractivity contribution in [3.63, 3.8) is 0 Å². The second-order valence-corrected chi connectivity index (χ2v) is 7.90. The molecule has 32 heavy (non-hydrogen) atoms. The number of aromatic nitrogens is 4. The van der Waals surface area contributed by atoms with Gasteiger partial charge in [0.25, 0.3) is 17.9 Å². The predicted octanol–water partition coefficient (Wildman–Crippen LogP) is 2.05. The molecule has 1 aliphatic heterocycles. The Labute approximate surface area is 184 Å². The van der Waals surface area contributed by atoms with Crippen molar-refractivity contribution in [3.05, 3.63) is 76.2 Å². The first-order chi connectivity index (χ1) is 15.6. The van der Waals surface area contributed by atoms with E-state index >= 15 is 0 Å². The molecule has 3 aromatic rings. The van der Waals surface area contributed by atoms with Crippen molar-refractivity contribution in [2.45, 2.75) is 31.1 Å². The Morgan fingerprint density at radius 1 is 1.09 bits per heavy atom. The van der Waals surface area contributed by atoms with E-state index in [9.17, 15) is 9.59 Å². The maximum Gasteiger partial charge on any atom is 0.290 e. The van der Waals surface area contributed by atoms with Gasteiger partial charge in [0.2, 0.25) is 0 Å². The minimum Gasteiger partial charge on any atom is -0.483 e. The molecule has 0 aromatic carbocycles. The van der Waals surface area contributed by atoms with Crippen molar-refractivity contribution < 1.29 is 14.7 Å². The fourth-order valence-electron chi connectivity index (χ4n) is 4.59. The number of pyridine rings is 2. The van der Waals surface area contributed by atoms with E-state index < -0.39 is 0 Å². The molecule has 0 unspecified atom stereocenters. The third-order valence-electron chi connectivity index (χ3n) is 6.22. The molecular formula is C23H23N5O4. The number of rotatable bonds is 2. The van der Waals surface area contributed by atoms with E-state index in [1.807, 2.05) is 17.0 Å². The van der Waals surface area contributed by atoms with Crippen LogP contribution in [-0.2, 0) is 16.6 Å². The summed E-state index contributed by atoms with van der Waals surface area (Å²) >= 11 is 0. The van der Waals surface area contributed by atoms with Crippen LogP contribution < -0.4 is 5.56 Å². The molecule has 1 saturated heterocycles. The molecule has 5 rings (SSSR count). The van der Waals surface area contributed by atoms with E-state index in [-0.39, 0.29) is 23.4 Å². The number of fused-ring (bicyclic) bond motifs is 2. The van der Waals surface area contributed by atoms with Crippen LogP contribution >= 0.6 is 0 Å². The SMILES string of the molecule is O=C(c1cccnc1)N1CCC2(CCc3c2nc(-c2cccnc2)[nH]c3=O)CC1.O=CO. The van der Waals surface area contributed by atoms with Crippen LogP contribution in [0.3, 0.4) is 0 Å². The Kier molecular flexibility index (Phi) is 6.07. The summed E-state index contributed by atoms with van der Waals surface area (Å²) in [6, 6.07) is 7.31. The van der Waals surface area contributed by atoms with Gasteiger partial charge in [-0.3, -0.25) is 24.4 Å². The van der Waals surface area contributed by atoms with Crippen LogP contribution in [-0.4, -0.2) is 55.4 Å². The monoisotopic (exact) mass is 433 g/mol. The molecule has 164 valence electrons. The lowest BCUT2D eigenvalue weighted by atomic mass is 9.76. The highest BCUT2D eigenvalue weighted by Crippen LogP contribution is 2.44. The van der Waals surface area contributed by atoms with E-state index in [2.05, 4.69) is 15.0 Å². The topological polar surface area (TPSA) is 129 Å². The average molecular weight is 433 g/mol. The van der Waals surface area contributed by atoms with Gasteiger partial charge in [-0.2, -0.15) is 0 Å². The standard InChI is InChI=1S/C22H21N5O2.CH2O2/c28-20-17-5-6-22(18(17)25-19(26-20)15-3-1-9-23-13-15)7-11-27(12-8-22)21(29)16-4-2-10-24-14-16;2-1-3/h1-4,9-10,13-14H,5-8,11-12H2,(H,25,26,28);1H,(H,2,3). The largest absolute Gasteiger partial charge is 0.483 e. The predicted molar refractivity (Wildman–Crippen MR) is 116 cm³/mol. The molecule has 0 saturated carbocycles. The van der Waals surface area contributed by atoms with Gasteiger partial charge >= 0.3 is 0 Å². The van der Waals surface area contributed by atoms with Crippen molar-refractivity contribution in [2.75, 3.05) is 13.1 Å². The lowest BCUT2D eigenvalue weighted by molar-refractivity contribution is -0.122. The molecule has 0 atom stereocenters. The van der Waals surface area contributed by atoms with Crippen LogP contribution in [0.1, 0.15) is 40.9 Å². The van der Waals surface area contributed by atoms with Gasteiger partial charge in [0.1, 0.15) is 5.82 Å². The molecule has 2 N–H and O–H groups in total. The van der Waals surface area contributed by atoms with E-state index in [4.69, 9.17) is 14.9 Å². The Balaban J connectivity index is 0.000000775. The van der Waals surface area contributed by atoms with Crippen molar-refractivity contribution in [1.29, 1.82) is 0 Å². The van der Waals surface area contributed by atoms with Crippen molar-refractivity contribution in [1.82, 2.24) is 24.8 Å². The number of likely N-dealkylation sites (tertiary alicyclic amines) is 1. The number of carbonyl (C=O) groups is 2. The summed E-state index contributed by atoms with van der Waals surface area (Å²) in [5.74, 6) is 0.582. The van der Waals surface area contributed by atoms with Gasteiger partial charge in [-0.25, -0.2) is 4.98 Å². The second kappa shape index (κ2) is 9.09. The van der Waals surface area contributed by atoms with Gasteiger partial charge in [0.15, 0.2) is 0 Å². The molecule has 1 aliphatic carbocycles. The molecule has 3 aromatic heterocycles. The molecule has 0 radical (unpaired) electrons. The second-order valence-electron chi connectivity index (χ2n) is 7.90. The summed E-state index contributed by atoms with van der Waals surface area (Å²) in [4.78, 5) is 51.7. The van der Waals surface area contributed by atoms with Crippen molar-refractivity contribution in [3.8, 4) is 11.4 Å². The van der Waals surface area contributed by atoms with Crippen LogP contribution in [0.25, 0.3) is 11.4 Å². The van der Waals surface area contributed by atoms with Gasteiger partial charge < -0.3 is 15.0 Å². The number of nitrogens with zero attached hydrogens (tertiary/aromatic N) is 4. The van der Waals surface area contributed by atoms with Crippen LogP contribution in [0.5, 0.6) is 0 Å². The Morgan fingerprint density at radius 2 is 1.78 bits per heavy atom. The van der Waals surface area contributed by atoms with Crippen LogP contribution in [0.4, 0.5) is 0 Å². The number of H-pyrrole nitrogens is 1. The van der Waals surface area contributed by atoms with Gasteiger partial charge in [-0.15, -0.1) is 0 Å². The maximum atomic E-state index is 12.8. The Morgan fingerprint density at radius 3 is 2.41 bits per heavy atom. The van der Waals surface area contributed by atoms with E-state index in [1.54, 1.807) is 36.9 Å². The summed E-state index contributed by atoms with van der Waals surface area (Å²) in [7, 11) is 0. The molecule has 4 heterocycles. The molecule has 1 amide bonds. The normalized spacial score (nSPS) is 16.1. The summed E-state index contributed by atoms with van der Waals surface area (Å²) in [5.41, 5.74) is 2.94. The third kappa shape index (κ3) is 4.01. The third-order valence-corrected chi connectivity index (χ3v) is 6.22. The van der Waals surface area contributed by atoms with Gasteiger partial charge in [0, 0.05) is 54.4 Å². The highest BCUT2D eigenvalue weighted by molar-refractivity contribution is 5.93. The van der Waals surface area contributed by atoms with Gasteiger partial charge in [-0.1, -0.05) is 0 Å². The smallest absolute Gasteiger partial charge is 0.290 e. The Bertz CT molecular complexity index is 1160. The van der Waals surface area contributed by atoms with E-state index in [1.165, 1.54) is 0 Å². The summed E-state index contributed by atoms with van der Waals surface area (Å²) in [5, 5.41) is 6.89. The quantitative estimate of drug-likeness (QED) is 0.592. The van der Waals surface area contributed by atoms with Crippen molar-refractivity contribution >= 4 is 12.4 Å². The van der Waals surface area contributed by atoms with Crippen LogP contribution in [0.2, 0.25) is 0 Å². The molecule has 0 bridgehead atoms. The first-order valence-electron chi connectivity index (χ1n) is 10.4. The lowest BCUT2D eigenvalue weighted by Crippen LogP contribution is -2.44. The van der Waals surface area contributed by atoms with Crippen LogP contribution in [0, 0.1) is 0 Å². The van der Waals surface area contributed by atoms with Gasteiger partial charge in [-0.05, 0) is 49.9 Å². The fourth-order valence-corrected chi connectivity index (χ4v) is 4.59. The highest BCUT2D eigenvalue weighted by Gasteiger charge is 2.44. The number of hydrogen-bond acceptors (Lipinski definition) is 6. The zero-order valence-electron chi connectivity index (χ0n) is 17.4. The number of piperidine rings is 1. The molecule has 9 heteroatoms. The van der Waals surface area contributed by atoms with Crippen molar-refractivity contribution in [2.24, 2.45) is 0 Å². The number of carboxylic acid groups (broad SMARTS) is 1. The summed E-state index contributed by atoms with van der Waals surface area (Å²) in [6.45, 7) is 1.06. The molecular weight excluding hydrogens is 410 g/mol. The Hall–Kier alpha value is -3.88. The minimum absolute atomic E-state index is 0.0149.